The molecule has 0 aliphatic heterocycles. The Morgan fingerprint density at radius 2 is 1.83 bits per heavy atom. The van der Waals surface area contributed by atoms with Crippen LogP contribution < -0.4 is 0 Å². The molecule has 0 unspecified atom stereocenters. The van der Waals surface area contributed by atoms with Gasteiger partial charge in [-0.25, -0.2) is 9.67 Å². The van der Waals surface area contributed by atoms with Crippen LogP contribution in [-0.4, -0.2) is 20.6 Å². The van der Waals surface area contributed by atoms with Crippen molar-refractivity contribution in [3.63, 3.8) is 0 Å². The second-order valence-electron chi connectivity index (χ2n) is 4.82. The lowest BCUT2D eigenvalue weighted by Gasteiger charge is -2.11. The number of aromatic nitrogens is 3. The first-order valence-electron chi connectivity index (χ1n) is 6.67. The van der Waals surface area contributed by atoms with Crippen LogP contribution in [0.15, 0.2) is 36.4 Å². The van der Waals surface area contributed by atoms with E-state index in [1.54, 1.807) is 30.3 Å². The van der Waals surface area contributed by atoms with Crippen LogP contribution in [-0.2, 0) is 12.7 Å². The highest BCUT2D eigenvalue weighted by Gasteiger charge is 2.36. The van der Waals surface area contributed by atoms with Crippen molar-refractivity contribution in [3.8, 4) is 11.3 Å². The molecule has 0 N–H and O–H groups in total. The maximum atomic E-state index is 13.4. The SMILES string of the molecule is FC(F)(F)c1cc(-c2ccccc2)nc2c1c(Cl)nn2CCCl. The summed E-state index contributed by atoms with van der Waals surface area (Å²) in [5, 5.41) is 3.49. The lowest BCUT2D eigenvalue weighted by molar-refractivity contribution is -0.136. The summed E-state index contributed by atoms with van der Waals surface area (Å²) in [6, 6.07) is 9.63. The normalized spacial score (nSPS) is 12.0. The fourth-order valence-corrected chi connectivity index (χ4v) is 2.78. The molecule has 3 aromatic rings. The summed E-state index contributed by atoms with van der Waals surface area (Å²) in [5.74, 6) is 0.186. The highest BCUT2D eigenvalue weighted by Crippen LogP contribution is 2.39. The third-order valence-corrected chi connectivity index (χ3v) is 3.76. The van der Waals surface area contributed by atoms with Gasteiger partial charge in [-0.05, 0) is 6.07 Å². The molecular weight excluding hydrogens is 350 g/mol. The lowest BCUT2D eigenvalue weighted by atomic mass is 10.1. The lowest BCUT2D eigenvalue weighted by Crippen LogP contribution is -2.08. The molecule has 2 aromatic heterocycles. The smallest absolute Gasteiger partial charge is 0.245 e. The van der Waals surface area contributed by atoms with E-state index in [1.807, 2.05) is 0 Å². The summed E-state index contributed by atoms with van der Waals surface area (Å²) in [7, 11) is 0. The van der Waals surface area contributed by atoms with E-state index in [-0.39, 0.29) is 34.3 Å². The van der Waals surface area contributed by atoms with Gasteiger partial charge in [0.1, 0.15) is 0 Å². The first-order chi connectivity index (χ1) is 10.9. The van der Waals surface area contributed by atoms with Gasteiger partial charge < -0.3 is 0 Å². The Bertz CT molecular complexity index is 845. The number of nitrogens with zero attached hydrogens (tertiary/aromatic N) is 3. The van der Waals surface area contributed by atoms with Gasteiger partial charge in [0.25, 0.3) is 0 Å². The Labute approximate surface area is 139 Å². The van der Waals surface area contributed by atoms with Crippen molar-refractivity contribution in [1.29, 1.82) is 0 Å². The average molecular weight is 360 g/mol. The summed E-state index contributed by atoms with van der Waals surface area (Å²) in [6.07, 6.45) is -4.57. The molecule has 0 amide bonds. The largest absolute Gasteiger partial charge is 0.417 e. The minimum atomic E-state index is -4.57. The number of hydrogen-bond donors (Lipinski definition) is 0. The number of halogens is 5. The number of benzene rings is 1. The Balaban J connectivity index is 2.34. The summed E-state index contributed by atoms with van der Waals surface area (Å²) in [6.45, 7) is 0.216. The minimum absolute atomic E-state index is 0.0735. The molecule has 2 heterocycles. The monoisotopic (exact) mass is 359 g/mol. The molecule has 0 bridgehead atoms. The van der Waals surface area contributed by atoms with Crippen LogP contribution in [0.5, 0.6) is 0 Å². The zero-order valence-electron chi connectivity index (χ0n) is 11.6. The third-order valence-electron chi connectivity index (χ3n) is 3.33. The third kappa shape index (κ3) is 3.01. The van der Waals surface area contributed by atoms with E-state index >= 15 is 0 Å². The predicted molar refractivity (Wildman–Crippen MR) is 83.7 cm³/mol. The molecule has 0 atom stereocenters. The second kappa shape index (κ2) is 6.02. The van der Waals surface area contributed by atoms with Gasteiger partial charge in [0.05, 0.1) is 23.2 Å². The Morgan fingerprint density at radius 3 is 2.43 bits per heavy atom. The van der Waals surface area contributed by atoms with Gasteiger partial charge in [0.15, 0.2) is 10.8 Å². The zero-order valence-corrected chi connectivity index (χ0v) is 13.1. The summed E-state index contributed by atoms with van der Waals surface area (Å²) >= 11 is 11.6. The van der Waals surface area contributed by atoms with Crippen LogP contribution in [0.2, 0.25) is 5.15 Å². The highest BCUT2D eigenvalue weighted by atomic mass is 35.5. The maximum absolute atomic E-state index is 13.4. The van der Waals surface area contributed by atoms with Gasteiger partial charge in [-0.1, -0.05) is 41.9 Å². The van der Waals surface area contributed by atoms with E-state index in [9.17, 15) is 13.2 Å². The van der Waals surface area contributed by atoms with Crippen molar-refractivity contribution in [2.45, 2.75) is 12.7 Å². The predicted octanol–water partition coefficient (Wildman–Crippen LogP) is 5.01. The molecular formula is C15H10Cl2F3N3. The topological polar surface area (TPSA) is 30.7 Å². The minimum Gasteiger partial charge on any atom is -0.245 e. The fraction of sp³-hybridized carbons (Fsp3) is 0.200. The van der Waals surface area contributed by atoms with Gasteiger partial charge in [0.2, 0.25) is 0 Å². The van der Waals surface area contributed by atoms with Crippen LogP contribution >= 0.6 is 23.2 Å². The summed E-state index contributed by atoms with van der Waals surface area (Å²) in [4.78, 5) is 4.32. The molecule has 0 saturated heterocycles. The summed E-state index contributed by atoms with van der Waals surface area (Å²) in [5.41, 5.74) is 0.00367. The number of fused-ring (bicyclic) bond motifs is 1. The Kier molecular flexibility index (Phi) is 4.21. The van der Waals surface area contributed by atoms with Crippen molar-refractivity contribution >= 4 is 34.2 Å². The van der Waals surface area contributed by atoms with E-state index in [2.05, 4.69) is 10.1 Å². The standard InChI is InChI=1S/C15H10Cl2F3N3/c16-6-7-23-14-12(13(17)22-23)10(15(18,19)20)8-11(21-14)9-4-2-1-3-5-9/h1-5,8H,6-7H2. The molecule has 0 aliphatic carbocycles. The number of rotatable bonds is 3. The van der Waals surface area contributed by atoms with Gasteiger partial charge in [-0.3, -0.25) is 0 Å². The van der Waals surface area contributed by atoms with Gasteiger partial charge in [-0.15, -0.1) is 11.6 Å². The Morgan fingerprint density at radius 1 is 1.13 bits per heavy atom. The molecule has 1 aromatic carbocycles. The summed E-state index contributed by atoms with van der Waals surface area (Å²) < 4.78 is 41.6. The van der Waals surface area contributed by atoms with Crippen LogP contribution in [0.1, 0.15) is 5.56 Å². The average Bonchev–Trinajstić information content (AvgIpc) is 2.83. The molecule has 0 spiro atoms. The zero-order chi connectivity index (χ0) is 16.6. The quantitative estimate of drug-likeness (QED) is 0.615. The first kappa shape index (κ1) is 16.1. The molecule has 120 valence electrons. The van der Waals surface area contributed by atoms with E-state index in [0.717, 1.165) is 6.07 Å². The van der Waals surface area contributed by atoms with E-state index in [4.69, 9.17) is 23.2 Å². The maximum Gasteiger partial charge on any atom is 0.417 e. The van der Waals surface area contributed by atoms with E-state index in [0.29, 0.717) is 5.56 Å². The van der Waals surface area contributed by atoms with E-state index < -0.39 is 11.7 Å². The molecule has 23 heavy (non-hydrogen) atoms. The van der Waals surface area contributed by atoms with Gasteiger partial charge >= 0.3 is 6.18 Å². The van der Waals surface area contributed by atoms with Gasteiger partial charge in [0, 0.05) is 11.4 Å². The highest BCUT2D eigenvalue weighted by molar-refractivity contribution is 6.34. The first-order valence-corrected chi connectivity index (χ1v) is 7.58. The number of alkyl halides is 4. The Hall–Kier alpha value is -1.79. The second-order valence-corrected chi connectivity index (χ2v) is 5.56. The molecule has 3 nitrogen and oxygen atoms in total. The number of hydrogen-bond acceptors (Lipinski definition) is 2. The molecule has 3 rings (SSSR count). The fourth-order valence-electron chi connectivity index (χ4n) is 2.34. The molecule has 0 saturated carbocycles. The van der Waals surface area contributed by atoms with Crippen LogP contribution in [0, 0.1) is 0 Å². The van der Waals surface area contributed by atoms with Gasteiger partial charge in [-0.2, -0.15) is 18.3 Å². The van der Waals surface area contributed by atoms with Crippen molar-refractivity contribution < 1.29 is 13.2 Å². The van der Waals surface area contributed by atoms with Crippen molar-refractivity contribution in [1.82, 2.24) is 14.8 Å². The van der Waals surface area contributed by atoms with Crippen molar-refractivity contribution in [2.24, 2.45) is 0 Å². The van der Waals surface area contributed by atoms with Crippen LogP contribution in [0.25, 0.3) is 22.3 Å². The molecule has 0 aliphatic rings. The van der Waals surface area contributed by atoms with E-state index in [1.165, 1.54) is 4.68 Å². The molecule has 8 heteroatoms. The number of aryl methyl sites for hydroxylation is 1. The molecule has 0 radical (unpaired) electrons. The van der Waals surface area contributed by atoms with Crippen LogP contribution in [0.3, 0.4) is 0 Å². The van der Waals surface area contributed by atoms with Crippen LogP contribution in [0.4, 0.5) is 13.2 Å². The van der Waals surface area contributed by atoms with Crippen molar-refractivity contribution in [2.75, 3.05) is 5.88 Å². The molecule has 0 fully saturated rings. The van der Waals surface area contributed by atoms with Crippen molar-refractivity contribution in [3.05, 3.63) is 47.1 Å². The number of pyridine rings is 1.